The number of hydrogen-bond donors (Lipinski definition) is 0. The van der Waals surface area contributed by atoms with Gasteiger partial charge in [0.15, 0.2) is 9.84 Å². The Balaban J connectivity index is 2.02. The number of benzene rings is 3. The maximum Gasteiger partial charge on any atom is 0.308 e. The highest BCUT2D eigenvalue weighted by atomic mass is 32.2. The van der Waals surface area contributed by atoms with E-state index in [4.69, 9.17) is 4.74 Å². The third kappa shape index (κ3) is 5.78. The molecule has 0 bridgehead atoms. The van der Waals surface area contributed by atoms with Gasteiger partial charge in [0.2, 0.25) is 0 Å². The van der Waals surface area contributed by atoms with Crippen molar-refractivity contribution in [1.82, 2.24) is 9.78 Å². The minimum absolute atomic E-state index is 0.137. The number of halogens is 1. The van der Waals surface area contributed by atoms with Crippen LogP contribution in [0.3, 0.4) is 0 Å². The molecule has 0 saturated carbocycles. The number of hydrogen-bond acceptors (Lipinski definition) is 6. The molecular formula is C29H25FN2O5S. The van der Waals surface area contributed by atoms with Gasteiger partial charge in [0, 0.05) is 18.1 Å². The predicted octanol–water partition coefficient (Wildman–Crippen LogP) is 5.04. The van der Waals surface area contributed by atoms with E-state index in [1.807, 2.05) is 30.3 Å². The first kappa shape index (κ1) is 26.7. The van der Waals surface area contributed by atoms with E-state index in [0.717, 1.165) is 5.56 Å². The Morgan fingerprint density at radius 3 is 2.37 bits per heavy atom. The zero-order chi connectivity index (χ0) is 27.3. The largest absolute Gasteiger partial charge is 0.425 e. The summed E-state index contributed by atoms with van der Waals surface area (Å²) < 4.78 is 47.3. The summed E-state index contributed by atoms with van der Waals surface area (Å²) in [6.07, 6.45) is 4.48. The molecule has 0 spiro atoms. The van der Waals surface area contributed by atoms with Crippen LogP contribution in [0.25, 0.3) is 22.3 Å². The van der Waals surface area contributed by atoms with E-state index < -0.39 is 27.2 Å². The average Bonchev–Trinajstić information content (AvgIpc) is 2.89. The first-order valence-corrected chi connectivity index (χ1v) is 13.4. The molecule has 1 aromatic heterocycles. The number of ether oxygens (including phenoxy) is 1. The number of nitrogens with zero attached hydrogens (tertiary/aromatic N) is 2. The van der Waals surface area contributed by atoms with Crippen molar-refractivity contribution in [2.75, 3.05) is 5.75 Å². The number of esters is 1. The Kier molecular flexibility index (Phi) is 7.97. The molecule has 38 heavy (non-hydrogen) atoms. The molecule has 0 atom stereocenters. The van der Waals surface area contributed by atoms with Gasteiger partial charge in [0.05, 0.1) is 24.1 Å². The molecule has 194 valence electrons. The van der Waals surface area contributed by atoms with E-state index in [1.165, 1.54) is 66.3 Å². The molecule has 0 amide bonds. The Labute approximate surface area is 219 Å². The molecule has 0 N–H and O–H groups in total. The van der Waals surface area contributed by atoms with Crippen LogP contribution < -0.4 is 10.3 Å². The average molecular weight is 533 g/mol. The van der Waals surface area contributed by atoms with Gasteiger partial charge in [-0.2, -0.15) is 5.10 Å². The monoisotopic (exact) mass is 532 g/mol. The summed E-state index contributed by atoms with van der Waals surface area (Å²) in [5.41, 5.74) is 1.21. The number of allylic oxidation sites excluding steroid dienone is 1. The highest BCUT2D eigenvalue weighted by Gasteiger charge is 2.27. The summed E-state index contributed by atoms with van der Waals surface area (Å²) in [5.74, 6) is -1.68. The lowest BCUT2D eigenvalue weighted by atomic mass is 9.97. The van der Waals surface area contributed by atoms with Crippen LogP contribution in [0.15, 0.2) is 101 Å². The Hall–Kier alpha value is -4.37. The third-order valence-electron chi connectivity index (χ3n) is 5.74. The van der Waals surface area contributed by atoms with Gasteiger partial charge in [-0.05, 0) is 36.2 Å². The van der Waals surface area contributed by atoms with E-state index in [9.17, 15) is 22.4 Å². The zero-order valence-corrected chi connectivity index (χ0v) is 21.6. The van der Waals surface area contributed by atoms with E-state index in [-0.39, 0.29) is 39.6 Å². The summed E-state index contributed by atoms with van der Waals surface area (Å²) in [4.78, 5) is 25.4. The summed E-state index contributed by atoms with van der Waals surface area (Å²) >= 11 is 0. The van der Waals surface area contributed by atoms with Crippen molar-refractivity contribution >= 4 is 15.8 Å². The molecule has 3 aromatic carbocycles. The Bertz CT molecular complexity index is 1660. The number of sulfone groups is 1. The van der Waals surface area contributed by atoms with Crippen LogP contribution in [-0.4, -0.2) is 29.9 Å². The molecule has 0 aliphatic carbocycles. The van der Waals surface area contributed by atoms with Gasteiger partial charge in [-0.1, -0.05) is 66.7 Å². The standard InChI is InChI=1S/C29H25FN2O5S/c1-3-4-17-38(35,36)28-24(11-8-12-26(28)37-20(2)33)25-18-31-32(19-21-9-6-5-7-10-21)29(34)27(25)22-13-15-23(30)16-14-22/h3-16,18H,17,19H2,1-2H3. The van der Waals surface area contributed by atoms with Crippen molar-refractivity contribution in [3.8, 4) is 28.0 Å². The van der Waals surface area contributed by atoms with Crippen LogP contribution in [0, 0.1) is 5.82 Å². The van der Waals surface area contributed by atoms with Gasteiger partial charge in [-0.15, -0.1) is 0 Å². The van der Waals surface area contributed by atoms with Crippen molar-refractivity contribution in [3.05, 3.63) is 113 Å². The zero-order valence-electron chi connectivity index (χ0n) is 20.8. The van der Waals surface area contributed by atoms with Crippen LogP contribution in [-0.2, 0) is 21.2 Å². The van der Waals surface area contributed by atoms with Gasteiger partial charge in [-0.3, -0.25) is 9.59 Å². The van der Waals surface area contributed by atoms with E-state index in [2.05, 4.69) is 5.10 Å². The smallest absolute Gasteiger partial charge is 0.308 e. The van der Waals surface area contributed by atoms with E-state index in [1.54, 1.807) is 13.0 Å². The van der Waals surface area contributed by atoms with Crippen molar-refractivity contribution in [1.29, 1.82) is 0 Å². The molecule has 0 unspecified atom stereocenters. The molecule has 4 rings (SSSR count). The van der Waals surface area contributed by atoms with Crippen LogP contribution >= 0.6 is 0 Å². The fourth-order valence-electron chi connectivity index (χ4n) is 4.05. The number of aromatic nitrogens is 2. The minimum atomic E-state index is -4.02. The third-order valence-corrected chi connectivity index (χ3v) is 7.41. The van der Waals surface area contributed by atoms with E-state index in [0.29, 0.717) is 5.56 Å². The second-order valence-electron chi connectivity index (χ2n) is 8.47. The van der Waals surface area contributed by atoms with Crippen molar-refractivity contribution < 1.29 is 22.3 Å². The minimum Gasteiger partial charge on any atom is -0.425 e. The van der Waals surface area contributed by atoms with Gasteiger partial charge in [0.25, 0.3) is 5.56 Å². The highest BCUT2D eigenvalue weighted by Crippen LogP contribution is 2.39. The number of carbonyl (C=O) groups is 1. The van der Waals surface area contributed by atoms with Crippen molar-refractivity contribution in [3.63, 3.8) is 0 Å². The summed E-state index contributed by atoms with van der Waals surface area (Å²) in [7, 11) is -4.02. The molecular weight excluding hydrogens is 507 g/mol. The van der Waals surface area contributed by atoms with Crippen LogP contribution in [0.4, 0.5) is 4.39 Å². The second-order valence-corrected chi connectivity index (χ2v) is 10.4. The summed E-state index contributed by atoms with van der Waals surface area (Å²) in [6.45, 7) is 3.04. The van der Waals surface area contributed by atoms with Crippen molar-refractivity contribution in [2.45, 2.75) is 25.3 Å². The normalized spacial score (nSPS) is 11.6. The van der Waals surface area contributed by atoms with Gasteiger partial charge < -0.3 is 4.74 Å². The molecule has 0 saturated heterocycles. The molecule has 0 radical (unpaired) electrons. The second kappa shape index (κ2) is 11.4. The van der Waals surface area contributed by atoms with Gasteiger partial charge in [0.1, 0.15) is 16.5 Å². The molecule has 1 heterocycles. The molecule has 7 nitrogen and oxygen atoms in total. The van der Waals surface area contributed by atoms with Crippen LogP contribution in [0.2, 0.25) is 0 Å². The summed E-state index contributed by atoms with van der Waals surface area (Å²) in [5, 5.41) is 4.34. The number of carbonyl (C=O) groups excluding carboxylic acids is 1. The molecule has 0 fully saturated rings. The fraction of sp³-hybridized carbons (Fsp3) is 0.138. The highest BCUT2D eigenvalue weighted by molar-refractivity contribution is 7.91. The Morgan fingerprint density at radius 1 is 1.00 bits per heavy atom. The maximum atomic E-state index is 13.8. The first-order chi connectivity index (χ1) is 18.2. The molecule has 9 heteroatoms. The molecule has 0 aliphatic rings. The summed E-state index contributed by atoms with van der Waals surface area (Å²) in [6, 6.07) is 19.1. The molecule has 4 aromatic rings. The first-order valence-electron chi connectivity index (χ1n) is 11.8. The SMILES string of the molecule is CC=CCS(=O)(=O)c1c(OC(C)=O)cccc1-c1cnn(Cc2ccccc2)c(=O)c1-c1ccc(F)cc1. The van der Waals surface area contributed by atoms with Gasteiger partial charge >= 0.3 is 5.97 Å². The quantitative estimate of drug-likeness (QED) is 0.179. The lowest BCUT2D eigenvalue weighted by molar-refractivity contribution is -0.132. The maximum absolute atomic E-state index is 13.8. The lowest BCUT2D eigenvalue weighted by Gasteiger charge is -2.17. The fourth-order valence-corrected chi connectivity index (χ4v) is 5.59. The molecule has 0 aliphatic heterocycles. The van der Waals surface area contributed by atoms with Crippen LogP contribution in [0.1, 0.15) is 19.4 Å². The topological polar surface area (TPSA) is 95.3 Å². The predicted molar refractivity (Wildman–Crippen MR) is 143 cm³/mol. The van der Waals surface area contributed by atoms with Crippen LogP contribution in [0.5, 0.6) is 5.75 Å². The van der Waals surface area contributed by atoms with Gasteiger partial charge in [-0.25, -0.2) is 17.5 Å². The lowest BCUT2D eigenvalue weighted by Crippen LogP contribution is -2.25. The Morgan fingerprint density at radius 2 is 1.71 bits per heavy atom. The number of rotatable bonds is 8. The van der Waals surface area contributed by atoms with E-state index >= 15 is 0 Å². The van der Waals surface area contributed by atoms with Crippen molar-refractivity contribution in [2.24, 2.45) is 0 Å².